The van der Waals surface area contributed by atoms with Crippen LogP contribution in [0.2, 0.25) is 0 Å². The molecule has 2 fully saturated rings. The van der Waals surface area contributed by atoms with E-state index in [0.717, 1.165) is 12.1 Å². The number of fused-ring (bicyclic) bond motifs is 2. The van der Waals surface area contributed by atoms with Gasteiger partial charge in [0, 0.05) is 12.1 Å². The molecule has 0 atom stereocenters. The van der Waals surface area contributed by atoms with Crippen molar-refractivity contribution in [1.29, 1.82) is 5.26 Å². The van der Waals surface area contributed by atoms with Crippen LogP contribution in [0.25, 0.3) is 0 Å². The van der Waals surface area contributed by atoms with E-state index in [0.29, 0.717) is 6.54 Å². The molecule has 2 bridgehead atoms. The van der Waals surface area contributed by atoms with Crippen LogP contribution in [0, 0.1) is 11.3 Å². The predicted octanol–water partition coefficient (Wildman–Crippen LogP) is 1.92. The number of hydrogen-bond acceptors (Lipinski definition) is 2. The Morgan fingerprint density at radius 1 is 1.08 bits per heavy atom. The van der Waals surface area contributed by atoms with E-state index in [2.05, 4.69) is 11.0 Å². The summed E-state index contributed by atoms with van der Waals surface area (Å²) in [4.78, 5) is 2.44. The molecule has 0 unspecified atom stereocenters. The van der Waals surface area contributed by atoms with Gasteiger partial charge in [-0.25, -0.2) is 0 Å². The summed E-state index contributed by atoms with van der Waals surface area (Å²) in [6.45, 7) is 0.662. The lowest BCUT2D eigenvalue weighted by molar-refractivity contribution is 0.0537. The van der Waals surface area contributed by atoms with E-state index >= 15 is 0 Å². The summed E-state index contributed by atoms with van der Waals surface area (Å²) in [5.74, 6) is 0. The van der Waals surface area contributed by atoms with Crippen molar-refractivity contribution >= 4 is 0 Å². The van der Waals surface area contributed by atoms with E-state index < -0.39 is 0 Å². The van der Waals surface area contributed by atoms with E-state index in [1.165, 1.54) is 38.5 Å². The van der Waals surface area contributed by atoms with E-state index in [4.69, 9.17) is 5.26 Å². The maximum absolute atomic E-state index is 8.68. The minimum atomic E-state index is 0.662. The molecule has 0 spiro atoms. The largest absolute Gasteiger partial charge is 0.285 e. The van der Waals surface area contributed by atoms with Gasteiger partial charge in [-0.1, -0.05) is 12.8 Å². The second-order valence-corrected chi connectivity index (χ2v) is 4.00. The molecule has 2 heteroatoms. The van der Waals surface area contributed by atoms with Crippen LogP contribution in [0.4, 0.5) is 0 Å². The number of nitrogens with zero attached hydrogens (tertiary/aromatic N) is 2. The van der Waals surface area contributed by atoms with Crippen LogP contribution in [-0.2, 0) is 0 Å². The molecular formula is C10H16N2. The highest BCUT2D eigenvalue weighted by Crippen LogP contribution is 2.33. The maximum Gasteiger partial charge on any atom is 0.0870 e. The van der Waals surface area contributed by atoms with Crippen LogP contribution >= 0.6 is 0 Å². The summed E-state index contributed by atoms with van der Waals surface area (Å²) in [5, 5.41) is 8.68. The van der Waals surface area contributed by atoms with Gasteiger partial charge < -0.3 is 0 Å². The molecule has 0 radical (unpaired) electrons. The Hall–Kier alpha value is -0.550. The predicted molar refractivity (Wildman–Crippen MR) is 47.6 cm³/mol. The topological polar surface area (TPSA) is 27.0 Å². The Kier molecular flexibility index (Phi) is 2.32. The molecule has 2 rings (SSSR count). The Morgan fingerprint density at radius 2 is 1.58 bits per heavy atom. The summed E-state index contributed by atoms with van der Waals surface area (Å²) in [5.41, 5.74) is 0. The molecule has 2 heterocycles. The molecule has 0 N–H and O–H groups in total. The monoisotopic (exact) mass is 164 g/mol. The summed E-state index contributed by atoms with van der Waals surface area (Å²) in [7, 11) is 0. The van der Waals surface area contributed by atoms with Crippen molar-refractivity contribution in [2.75, 3.05) is 6.54 Å². The third-order valence-electron chi connectivity index (χ3n) is 3.34. The highest BCUT2D eigenvalue weighted by molar-refractivity contribution is 4.93. The first-order valence-electron chi connectivity index (χ1n) is 5.04. The van der Waals surface area contributed by atoms with Crippen LogP contribution in [0.15, 0.2) is 0 Å². The number of nitriles is 1. The number of piperidine rings is 2. The molecule has 2 aliphatic heterocycles. The first kappa shape index (κ1) is 8.07. The van der Waals surface area contributed by atoms with Gasteiger partial charge in [-0.3, -0.25) is 4.90 Å². The van der Waals surface area contributed by atoms with Crippen LogP contribution in [0.5, 0.6) is 0 Å². The Bertz CT molecular complexity index is 173. The molecule has 0 aromatic rings. The first-order valence-corrected chi connectivity index (χ1v) is 5.04. The van der Waals surface area contributed by atoms with Crippen LogP contribution in [0.1, 0.15) is 38.5 Å². The molecule has 0 amide bonds. The quantitative estimate of drug-likeness (QED) is 0.554. The van der Waals surface area contributed by atoms with Crippen molar-refractivity contribution in [3.05, 3.63) is 0 Å². The molecule has 0 saturated carbocycles. The van der Waals surface area contributed by atoms with Crippen molar-refractivity contribution in [1.82, 2.24) is 4.90 Å². The molecule has 2 saturated heterocycles. The summed E-state index contributed by atoms with van der Waals surface area (Å²) in [6.07, 6.45) is 8.10. The van der Waals surface area contributed by atoms with Gasteiger partial charge in [0.05, 0.1) is 12.6 Å². The van der Waals surface area contributed by atoms with Crippen molar-refractivity contribution in [3.8, 4) is 6.07 Å². The molecule has 2 nitrogen and oxygen atoms in total. The fourth-order valence-corrected chi connectivity index (χ4v) is 2.77. The van der Waals surface area contributed by atoms with Gasteiger partial charge in [0.15, 0.2) is 0 Å². The lowest BCUT2D eigenvalue weighted by atomic mass is 9.85. The Labute approximate surface area is 74.2 Å². The van der Waals surface area contributed by atoms with Crippen molar-refractivity contribution in [2.24, 2.45) is 0 Å². The second-order valence-electron chi connectivity index (χ2n) is 4.00. The molecule has 2 aliphatic rings. The lowest BCUT2D eigenvalue weighted by Crippen LogP contribution is -2.49. The number of hydrogen-bond donors (Lipinski definition) is 0. The molecule has 0 aromatic heterocycles. The highest BCUT2D eigenvalue weighted by atomic mass is 15.2. The maximum atomic E-state index is 8.68. The molecular weight excluding hydrogens is 148 g/mol. The zero-order valence-corrected chi connectivity index (χ0v) is 7.50. The lowest BCUT2D eigenvalue weighted by Gasteiger charge is -2.44. The van der Waals surface area contributed by atoms with Gasteiger partial charge in [0.25, 0.3) is 0 Å². The minimum absolute atomic E-state index is 0.662. The SMILES string of the molecule is N#CCN1C2CCCC1CCC2. The van der Waals surface area contributed by atoms with Gasteiger partial charge in [-0.2, -0.15) is 5.26 Å². The third-order valence-corrected chi connectivity index (χ3v) is 3.34. The minimum Gasteiger partial charge on any atom is -0.285 e. The van der Waals surface area contributed by atoms with Gasteiger partial charge in [-0.15, -0.1) is 0 Å². The smallest absolute Gasteiger partial charge is 0.0870 e. The number of rotatable bonds is 1. The fourth-order valence-electron chi connectivity index (χ4n) is 2.77. The van der Waals surface area contributed by atoms with Crippen molar-refractivity contribution < 1.29 is 0 Å². The second kappa shape index (κ2) is 3.45. The van der Waals surface area contributed by atoms with Gasteiger partial charge in [-0.05, 0) is 25.7 Å². The van der Waals surface area contributed by atoms with Crippen molar-refractivity contribution in [2.45, 2.75) is 50.6 Å². The molecule has 12 heavy (non-hydrogen) atoms. The van der Waals surface area contributed by atoms with E-state index in [1.54, 1.807) is 0 Å². The van der Waals surface area contributed by atoms with Crippen LogP contribution in [0.3, 0.4) is 0 Å². The van der Waals surface area contributed by atoms with Crippen molar-refractivity contribution in [3.63, 3.8) is 0 Å². The van der Waals surface area contributed by atoms with E-state index in [1.807, 2.05) is 0 Å². The summed E-state index contributed by atoms with van der Waals surface area (Å²) < 4.78 is 0. The molecule has 66 valence electrons. The van der Waals surface area contributed by atoms with E-state index in [9.17, 15) is 0 Å². The summed E-state index contributed by atoms with van der Waals surface area (Å²) in [6, 6.07) is 3.79. The van der Waals surface area contributed by atoms with Crippen LogP contribution < -0.4 is 0 Å². The zero-order chi connectivity index (χ0) is 8.39. The third kappa shape index (κ3) is 1.34. The standard InChI is InChI=1S/C10H16N2/c11-7-8-12-9-3-1-4-10(12)6-2-5-9/h9-10H,1-6,8H2. The Morgan fingerprint density at radius 3 is 2.00 bits per heavy atom. The van der Waals surface area contributed by atoms with Gasteiger partial charge in [0.1, 0.15) is 0 Å². The summed E-state index contributed by atoms with van der Waals surface area (Å²) >= 11 is 0. The Balaban J connectivity index is 2.04. The average Bonchev–Trinajstić information content (AvgIpc) is 2.04. The van der Waals surface area contributed by atoms with Gasteiger partial charge >= 0.3 is 0 Å². The normalized spacial score (nSPS) is 35.9. The van der Waals surface area contributed by atoms with Gasteiger partial charge in [0.2, 0.25) is 0 Å². The molecule has 0 aromatic carbocycles. The van der Waals surface area contributed by atoms with Crippen LogP contribution in [-0.4, -0.2) is 23.5 Å². The first-order chi connectivity index (χ1) is 5.92. The van der Waals surface area contributed by atoms with E-state index in [-0.39, 0.29) is 0 Å². The fraction of sp³-hybridized carbons (Fsp3) is 0.900. The highest BCUT2D eigenvalue weighted by Gasteiger charge is 2.32. The zero-order valence-electron chi connectivity index (χ0n) is 7.50. The molecule has 0 aliphatic carbocycles. The average molecular weight is 164 g/mol.